The number of H-pyrrole nitrogens is 1. The van der Waals surface area contributed by atoms with Crippen molar-refractivity contribution in [2.75, 3.05) is 5.32 Å². The molecule has 2 amide bonds. The lowest BCUT2D eigenvalue weighted by atomic mass is 10.2. The van der Waals surface area contributed by atoms with Gasteiger partial charge in [-0.1, -0.05) is 0 Å². The molecule has 4 aromatic rings. The number of furan rings is 1. The molecule has 0 radical (unpaired) electrons. The van der Waals surface area contributed by atoms with Crippen LogP contribution in [0.15, 0.2) is 47.6 Å². The van der Waals surface area contributed by atoms with Crippen LogP contribution in [0.1, 0.15) is 21.0 Å². The first-order chi connectivity index (χ1) is 12.1. The minimum absolute atomic E-state index is 0.0363. The monoisotopic (exact) mass is 337 g/mol. The highest BCUT2D eigenvalue weighted by molar-refractivity contribution is 6.04. The summed E-state index contributed by atoms with van der Waals surface area (Å²) in [4.78, 5) is 32.3. The van der Waals surface area contributed by atoms with Gasteiger partial charge in [-0.3, -0.25) is 19.1 Å². The number of imidazole rings is 1. The van der Waals surface area contributed by atoms with Crippen molar-refractivity contribution in [3.63, 3.8) is 0 Å². The molecule has 25 heavy (non-hydrogen) atoms. The zero-order valence-corrected chi connectivity index (χ0v) is 12.6. The summed E-state index contributed by atoms with van der Waals surface area (Å²) < 4.78 is 6.93. The van der Waals surface area contributed by atoms with Crippen molar-refractivity contribution >= 4 is 23.1 Å². The summed E-state index contributed by atoms with van der Waals surface area (Å²) in [6, 6.07) is 4.96. The normalized spacial score (nSPS) is 10.9. The number of aromatic amines is 1. The van der Waals surface area contributed by atoms with Gasteiger partial charge in [-0.25, -0.2) is 9.97 Å². The Morgan fingerprint density at radius 2 is 2.24 bits per heavy atom. The standard InChI is InChI=1S/C15H11N7O3/c16-13(23)12-14-21-9(15(24)20-8-5-18-19-6-8)4-10(22(14)7-17-12)11-2-1-3-25-11/h1-7H,(H2,16,23)(H,18,19)(H,20,24). The van der Waals surface area contributed by atoms with Crippen LogP contribution in [0.3, 0.4) is 0 Å². The number of hydrogen-bond donors (Lipinski definition) is 3. The average molecular weight is 337 g/mol. The van der Waals surface area contributed by atoms with Crippen molar-refractivity contribution in [2.45, 2.75) is 0 Å². The minimum atomic E-state index is -0.743. The smallest absolute Gasteiger partial charge is 0.274 e. The summed E-state index contributed by atoms with van der Waals surface area (Å²) in [6.07, 6.45) is 5.88. The van der Waals surface area contributed by atoms with Gasteiger partial charge in [0.15, 0.2) is 17.1 Å². The predicted octanol–water partition coefficient (Wildman–Crippen LogP) is 1.06. The molecule has 4 heterocycles. The van der Waals surface area contributed by atoms with Crippen LogP contribution in [0.25, 0.3) is 17.1 Å². The highest BCUT2D eigenvalue weighted by Gasteiger charge is 2.20. The molecule has 0 aromatic carbocycles. The number of aromatic nitrogens is 5. The van der Waals surface area contributed by atoms with Gasteiger partial charge in [-0.2, -0.15) is 5.10 Å². The van der Waals surface area contributed by atoms with E-state index in [-0.39, 0.29) is 17.0 Å². The molecule has 4 aromatic heterocycles. The number of carbonyl (C=O) groups excluding carboxylic acids is 2. The van der Waals surface area contributed by atoms with E-state index < -0.39 is 11.8 Å². The van der Waals surface area contributed by atoms with E-state index in [1.165, 1.54) is 35.5 Å². The van der Waals surface area contributed by atoms with Crippen LogP contribution < -0.4 is 11.1 Å². The molecule has 0 atom stereocenters. The van der Waals surface area contributed by atoms with Crippen molar-refractivity contribution in [1.29, 1.82) is 0 Å². The molecule has 0 saturated heterocycles. The topological polar surface area (TPSA) is 144 Å². The SMILES string of the molecule is NC(=O)c1ncn2c(-c3ccco3)cc(C(=O)Nc3cn[nH]c3)nc12. The third-order valence-electron chi connectivity index (χ3n) is 3.50. The maximum absolute atomic E-state index is 12.5. The molecule has 0 aliphatic heterocycles. The molecule has 0 aliphatic rings. The number of nitrogens with two attached hydrogens (primary N) is 1. The predicted molar refractivity (Wildman–Crippen MR) is 85.7 cm³/mol. The number of amides is 2. The highest BCUT2D eigenvalue weighted by Crippen LogP contribution is 2.23. The first kappa shape index (κ1) is 14.6. The quantitative estimate of drug-likeness (QED) is 0.508. The number of nitrogens with zero attached hydrogens (tertiary/aromatic N) is 4. The zero-order chi connectivity index (χ0) is 17.4. The molecule has 10 heteroatoms. The fourth-order valence-corrected chi connectivity index (χ4v) is 2.39. The lowest BCUT2D eigenvalue weighted by Gasteiger charge is -2.07. The largest absolute Gasteiger partial charge is 0.463 e. The van der Waals surface area contributed by atoms with Crippen LogP contribution in [-0.4, -0.2) is 36.4 Å². The van der Waals surface area contributed by atoms with E-state index in [1.54, 1.807) is 12.1 Å². The average Bonchev–Trinajstić information content (AvgIpc) is 3.34. The summed E-state index contributed by atoms with van der Waals surface area (Å²) >= 11 is 0. The van der Waals surface area contributed by atoms with E-state index >= 15 is 0 Å². The molecule has 0 aliphatic carbocycles. The Labute approximate surface area is 139 Å². The van der Waals surface area contributed by atoms with E-state index in [4.69, 9.17) is 10.2 Å². The Kier molecular flexibility index (Phi) is 3.28. The number of nitrogens with one attached hydrogen (secondary N) is 2. The summed E-state index contributed by atoms with van der Waals surface area (Å²) in [5.41, 5.74) is 6.53. The van der Waals surface area contributed by atoms with Gasteiger partial charge in [0.1, 0.15) is 12.0 Å². The lowest BCUT2D eigenvalue weighted by Crippen LogP contribution is -2.16. The van der Waals surface area contributed by atoms with Gasteiger partial charge in [0.05, 0.1) is 23.8 Å². The molecule has 0 unspecified atom stereocenters. The van der Waals surface area contributed by atoms with Crippen molar-refractivity contribution in [3.05, 3.63) is 54.6 Å². The lowest BCUT2D eigenvalue weighted by molar-refractivity contribution is 0.0993. The maximum atomic E-state index is 12.5. The highest BCUT2D eigenvalue weighted by atomic mass is 16.3. The molecule has 0 saturated carbocycles. The molecule has 4 N–H and O–H groups in total. The van der Waals surface area contributed by atoms with Gasteiger partial charge in [0, 0.05) is 6.20 Å². The Hall–Kier alpha value is -3.95. The zero-order valence-electron chi connectivity index (χ0n) is 12.6. The van der Waals surface area contributed by atoms with Gasteiger partial charge < -0.3 is 15.5 Å². The van der Waals surface area contributed by atoms with Crippen LogP contribution in [0, 0.1) is 0 Å². The molecule has 124 valence electrons. The van der Waals surface area contributed by atoms with Crippen LogP contribution in [0.5, 0.6) is 0 Å². The first-order valence-corrected chi connectivity index (χ1v) is 7.15. The molecule has 4 rings (SSSR count). The fraction of sp³-hybridized carbons (Fsp3) is 0. The van der Waals surface area contributed by atoms with E-state index in [0.29, 0.717) is 17.1 Å². The van der Waals surface area contributed by atoms with Crippen molar-refractivity contribution in [2.24, 2.45) is 5.73 Å². The second-order valence-electron chi connectivity index (χ2n) is 5.10. The van der Waals surface area contributed by atoms with Crippen molar-refractivity contribution in [3.8, 4) is 11.5 Å². The van der Waals surface area contributed by atoms with Gasteiger partial charge in [-0.05, 0) is 18.2 Å². The van der Waals surface area contributed by atoms with Crippen molar-refractivity contribution in [1.82, 2.24) is 24.6 Å². The number of anilines is 1. The third kappa shape index (κ3) is 2.51. The Morgan fingerprint density at radius 3 is 2.92 bits per heavy atom. The van der Waals surface area contributed by atoms with Crippen molar-refractivity contribution < 1.29 is 14.0 Å². The molecule has 0 spiro atoms. The molecule has 10 nitrogen and oxygen atoms in total. The molecular weight excluding hydrogens is 326 g/mol. The van der Waals surface area contributed by atoms with E-state index in [9.17, 15) is 9.59 Å². The van der Waals surface area contributed by atoms with Gasteiger partial charge in [0.2, 0.25) is 0 Å². The fourth-order valence-electron chi connectivity index (χ4n) is 2.39. The summed E-state index contributed by atoms with van der Waals surface area (Å²) in [5, 5.41) is 8.99. The van der Waals surface area contributed by atoms with E-state index in [0.717, 1.165) is 0 Å². The maximum Gasteiger partial charge on any atom is 0.274 e. The van der Waals surface area contributed by atoms with Crippen LogP contribution >= 0.6 is 0 Å². The van der Waals surface area contributed by atoms with Crippen LogP contribution in [0.2, 0.25) is 0 Å². The summed E-state index contributed by atoms with van der Waals surface area (Å²) in [6.45, 7) is 0. The number of hydrogen-bond acceptors (Lipinski definition) is 6. The number of primary amides is 1. The molecule has 0 bridgehead atoms. The minimum Gasteiger partial charge on any atom is -0.463 e. The number of rotatable bonds is 4. The van der Waals surface area contributed by atoms with Crippen LogP contribution in [-0.2, 0) is 0 Å². The van der Waals surface area contributed by atoms with Gasteiger partial charge in [-0.15, -0.1) is 0 Å². The Balaban J connectivity index is 1.88. The Morgan fingerprint density at radius 1 is 1.36 bits per heavy atom. The second-order valence-corrected chi connectivity index (χ2v) is 5.10. The van der Waals surface area contributed by atoms with E-state index in [2.05, 4.69) is 25.5 Å². The van der Waals surface area contributed by atoms with E-state index in [1.807, 2.05) is 0 Å². The summed E-state index contributed by atoms with van der Waals surface area (Å²) in [7, 11) is 0. The second kappa shape index (κ2) is 5.60. The third-order valence-corrected chi connectivity index (χ3v) is 3.50. The number of carbonyl (C=O) groups is 2. The van der Waals surface area contributed by atoms with Gasteiger partial charge >= 0.3 is 0 Å². The number of fused-ring (bicyclic) bond motifs is 1. The first-order valence-electron chi connectivity index (χ1n) is 7.15. The summed E-state index contributed by atoms with van der Waals surface area (Å²) in [5.74, 6) is -0.737. The van der Waals surface area contributed by atoms with Crippen LogP contribution in [0.4, 0.5) is 5.69 Å². The molecular formula is C15H11N7O3. The Bertz CT molecular complexity index is 1060. The van der Waals surface area contributed by atoms with Gasteiger partial charge in [0.25, 0.3) is 11.8 Å². The molecule has 0 fully saturated rings.